The first kappa shape index (κ1) is 27.3. The average molecular weight is 530 g/mol. The summed E-state index contributed by atoms with van der Waals surface area (Å²) in [5.74, 6) is -0.732. The molecule has 3 rings (SSSR count). The molecule has 192 valence electrons. The van der Waals surface area contributed by atoms with Crippen molar-refractivity contribution in [3.05, 3.63) is 109 Å². The van der Waals surface area contributed by atoms with Gasteiger partial charge in [-0.05, 0) is 36.4 Å². The van der Waals surface area contributed by atoms with Crippen molar-refractivity contribution < 1.29 is 53.7 Å². The molecule has 0 amide bonds. The highest BCUT2D eigenvalue weighted by molar-refractivity contribution is 6.95. The minimum Gasteiger partial charge on any atom is -0.428 e. The standard InChI is InChI=1S/C24H12BF9O3/c26-19(27)22(32)35-16-7-1-13(2-8-16)25(14-3-9-17(10-4-14)36-23(33)20(28)29)15-5-11-18(12-6-15)37-24(34)21(30)31/h1-12H. The first-order chi connectivity index (χ1) is 17.5. The van der Waals surface area contributed by atoms with Gasteiger partial charge in [0.1, 0.15) is 17.2 Å². The fourth-order valence-electron chi connectivity index (χ4n) is 3.19. The Morgan fingerprint density at radius 1 is 0.378 bits per heavy atom. The summed E-state index contributed by atoms with van der Waals surface area (Å²) in [6, 6.07) is 9.49. The fraction of sp³-hybridized carbons (Fsp3) is 0. The van der Waals surface area contributed by atoms with E-state index in [9.17, 15) is 39.5 Å². The molecular weight excluding hydrogens is 518 g/mol. The molecule has 0 saturated carbocycles. The van der Waals surface area contributed by atoms with Crippen LogP contribution in [0.1, 0.15) is 0 Å². The van der Waals surface area contributed by atoms with E-state index in [-0.39, 0.29) is 17.2 Å². The van der Waals surface area contributed by atoms with E-state index in [0.29, 0.717) is 16.4 Å². The molecule has 0 radical (unpaired) electrons. The Labute approximate surface area is 203 Å². The maximum Gasteiger partial charge on any atom is 0.344 e. The monoisotopic (exact) mass is 530 g/mol. The van der Waals surface area contributed by atoms with Gasteiger partial charge in [-0.1, -0.05) is 52.8 Å². The van der Waals surface area contributed by atoms with Crippen LogP contribution in [0.15, 0.2) is 109 Å². The van der Waals surface area contributed by atoms with Crippen LogP contribution in [0, 0.1) is 0 Å². The molecule has 0 fully saturated rings. The van der Waals surface area contributed by atoms with E-state index in [0.717, 1.165) is 0 Å². The highest BCUT2D eigenvalue weighted by Gasteiger charge is 2.23. The third kappa shape index (κ3) is 7.35. The lowest BCUT2D eigenvalue weighted by molar-refractivity contribution is 0.241. The van der Waals surface area contributed by atoms with E-state index in [4.69, 9.17) is 0 Å². The maximum absolute atomic E-state index is 13.1. The highest BCUT2D eigenvalue weighted by atomic mass is 19.3. The summed E-state index contributed by atoms with van der Waals surface area (Å²) >= 11 is 0. The van der Waals surface area contributed by atoms with Crippen LogP contribution >= 0.6 is 0 Å². The van der Waals surface area contributed by atoms with Crippen LogP contribution in [0.2, 0.25) is 0 Å². The van der Waals surface area contributed by atoms with Crippen molar-refractivity contribution >= 4 is 23.1 Å². The van der Waals surface area contributed by atoms with E-state index >= 15 is 0 Å². The molecule has 0 spiro atoms. The Hall–Kier alpha value is -4.29. The smallest absolute Gasteiger partial charge is 0.344 e. The van der Waals surface area contributed by atoms with Gasteiger partial charge in [0, 0.05) is 0 Å². The van der Waals surface area contributed by atoms with E-state index < -0.39 is 43.0 Å². The molecular formula is C24H12BF9O3. The van der Waals surface area contributed by atoms with E-state index in [1.54, 1.807) is 0 Å². The van der Waals surface area contributed by atoms with Crippen molar-refractivity contribution in [3.63, 3.8) is 0 Å². The van der Waals surface area contributed by atoms with Gasteiger partial charge in [-0.25, -0.2) is 0 Å². The Bertz CT molecular complexity index is 1150. The van der Waals surface area contributed by atoms with Gasteiger partial charge in [0.25, 0.3) is 0 Å². The molecule has 0 aliphatic carbocycles. The molecule has 0 aliphatic rings. The number of halogens is 9. The van der Waals surface area contributed by atoms with Crippen molar-refractivity contribution in [3.8, 4) is 17.2 Å². The average Bonchev–Trinajstić information content (AvgIpc) is 2.87. The van der Waals surface area contributed by atoms with Gasteiger partial charge in [-0.3, -0.25) is 0 Å². The first-order valence-corrected chi connectivity index (χ1v) is 10.0. The molecule has 3 nitrogen and oxygen atoms in total. The van der Waals surface area contributed by atoms with Crippen molar-refractivity contribution in [2.75, 3.05) is 0 Å². The number of benzene rings is 3. The van der Waals surface area contributed by atoms with Gasteiger partial charge in [-0.2, -0.15) is 39.5 Å². The van der Waals surface area contributed by atoms with Crippen molar-refractivity contribution in [1.29, 1.82) is 0 Å². The minimum atomic E-state index is -2.65. The quantitative estimate of drug-likeness (QED) is 0.181. The van der Waals surface area contributed by atoms with Crippen LogP contribution in [-0.4, -0.2) is 6.71 Å². The zero-order valence-corrected chi connectivity index (χ0v) is 18.1. The molecule has 0 saturated heterocycles. The summed E-state index contributed by atoms with van der Waals surface area (Å²) in [6.07, 6.45) is -7.95. The summed E-state index contributed by atoms with van der Waals surface area (Å²) in [5.41, 5.74) is 1.46. The molecule has 0 unspecified atom stereocenters. The highest BCUT2D eigenvalue weighted by Crippen LogP contribution is 2.20. The molecule has 13 heteroatoms. The summed E-state index contributed by atoms with van der Waals surface area (Å²) in [5, 5.41) is 0. The van der Waals surface area contributed by atoms with Crippen molar-refractivity contribution in [1.82, 2.24) is 0 Å². The van der Waals surface area contributed by atoms with Gasteiger partial charge < -0.3 is 14.2 Å². The number of hydrogen-bond acceptors (Lipinski definition) is 3. The molecule has 0 aliphatic heterocycles. The summed E-state index contributed by atoms with van der Waals surface area (Å²) in [4.78, 5) is 0. The van der Waals surface area contributed by atoms with Gasteiger partial charge >= 0.3 is 36.3 Å². The third-order valence-electron chi connectivity index (χ3n) is 4.71. The van der Waals surface area contributed by atoms with Crippen LogP contribution in [0.4, 0.5) is 39.5 Å². The van der Waals surface area contributed by atoms with E-state index in [1.165, 1.54) is 72.8 Å². The van der Waals surface area contributed by atoms with Crippen LogP contribution < -0.4 is 30.6 Å². The summed E-state index contributed by atoms with van der Waals surface area (Å²) in [7, 11) is 0. The third-order valence-corrected chi connectivity index (χ3v) is 4.71. The van der Waals surface area contributed by atoms with Crippen LogP contribution in [0.3, 0.4) is 0 Å². The van der Waals surface area contributed by atoms with Crippen LogP contribution in [0.5, 0.6) is 17.2 Å². The number of ether oxygens (including phenoxy) is 3. The van der Waals surface area contributed by atoms with Crippen molar-refractivity contribution in [2.24, 2.45) is 0 Å². The second kappa shape index (κ2) is 12.1. The Morgan fingerprint density at radius 2 is 0.595 bits per heavy atom. The minimum absolute atomic E-state index is 0.244. The predicted octanol–water partition coefficient (Wildman–Crippen LogP) is 6.44. The normalized spacial score (nSPS) is 10.3. The summed E-state index contributed by atoms with van der Waals surface area (Å²) in [6.45, 7) is -0.674. The lowest BCUT2D eigenvalue weighted by Crippen LogP contribution is -2.51. The Morgan fingerprint density at radius 3 is 0.784 bits per heavy atom. The van der Waals surface area contributed by atoms with E-state index in [1.807, 2.05) is 0 Å². The second-order valence-corrected chi connectivity index (χ2v) is 7.05. The molecule has 0 N–H and O–H groups in total. The Balaban J connectivity index is 1.97. The maximum atomic E-state index is 13.1. The second-order valence-electron chi connectivity index (χ2n) is 7.05. The van der Waals surface area contributed by atoms with Crippen LogP contribution in [0.25, 0.3) is 0 Å². The lowest BCUT2D eigenvalue weighted by Gasteiger charge is -2.17. The molecule has 3 aromatic carbocycles. The lowest BCUT2D eigenvalue weighted by atomic mass is 9.37. The predicted molar refractivity (Wildman–Crippen MR) is 117 cm³/mol. The topological polar surface area (TPSA) is 27.7 Å². The molecule has 37 heavy (non-hydrogen) atoms. The molecule has 0 atom stereocenters. The van der Waals surface area contributed by atoms with Crippen LogP contribution in [-0.2, 0) is 0 Å². The Kier molecular flexibility index (Phi) is 8.93. The first-order valence-electron chi connectivity index (χ1n) is 10.0. The molecule has 3 aromatic rings. The van der Waals surface area contributed by atoms with Gasteiger partial charge in [0.05, 0.1) is 0 Å². The van der Waals surface area contributed by atoms with Crippen molar-refractivity contribution in [2.45, 2.75) is 0 Å². The van der Waals surface area contributed by atoms with Gasteiger partial charge in [0.15, 0.2) is 0 Å². The molecule has 0 aromatic heterocycles. The SMILES string of the molecule is FC(F)=C(F)Oc1ccc(B(c2ccc(OC(F)=C(F)F)cc2)c2ccc(OC(F)=C(F)F)cc2)cc1. The number of hydrogen-bond donors (Lipinski definition) is 0. The van der Waals surface area contributed by atoms with Gasteiger partial charge in [0.2, 0.25) is 6.71 Å². The number of rotatable bonds is 9. The largest absolute Gasteiger partial charge is 0.428 e. The summed E-state index contributed by atoms with van der Waals surface area (Å²) < 4.78 is 126. The molecule has 0 bridgehead atoms. The fourth-order valence-corrected chi connectivity index (χ4v) is 3.19. The van der Waals surface area contributed by atoms with E-state index in [2.05, 4.69) is 14.2 Å². The zero-order chi connectivity index (χ0) is 27.1. The zero-order valence-electron chi connectivity index (χ0n) is 18.1. The molecule has 0 heterocycles. The van der Waals surface area contributed by atoms with Gasteiger partial charge in [-0.15, -0.1) is 0 Å².